The van der Waals surface area contributed by atoms with Gasteiger partial charge in [-0.1, -0.05) is 24.3 Å². The van der Waals surface area contributed by atoms with E-state index in [1.807, 2.05) is 10.9 Å². The zero-order chi connectivity index (χ0) is 22.2. The molecular formula is C17H25N8NaO4. The number of Topliss-reactive ketones (excluding diaryl/α,β-unsaturated/α-hetero) is 1. The van der Waals surface area contributed by atoms with Crippen molar-refractivity contribution in [2.24, 2.45) is 23.4 Å². The van der Waals surface area contributed by atoms with E-state index in [0.717, 1.165) is 0 Å². The van der Waals surface area contributed by atoms with Gasteiger partial charge in [0.1, 0.15) is 0 Å². The summed E-state index contributed by atoms with van der Waals surface area (Å²) in [5.74, 6) is 19.1. The zero-order valence-corrected chi connectivity index (χ0v) is 18.6. The first-order chi connectivity index (χ1) is 13.9. The van der Waals surface area contributed by atoms with Crippen LogP contribution in [0.3, 0.4) is 0 Å². The molecule has 2 rings (SSSR count). The number of ketones is 1. The fourth-order valence-electron chi connectivity index (χ4n) is 1.77. The second-order valence-corrected chi connectivity index (χ2v) is 5.06. The Bertz CT molecular complexity index is 782. The van der Waals surface area contributed by atoms with Gasteiger partial charge in [0.2, 0.25) is 0 Å². The van der Waals surface area contributed by atoms with Crippen LogP contribution in [0.2, 0.25) is 0 Å². The molecule has 2 aromatic rings. The summed E-state index contributed by atoms with van der Waals surface area (Å²) < 4.78 is 0. The van der Waals surface area contributed by atoms with Crippen molar-refractivity contribution in [2.45, 2.75) is 6.92 Å². The molecule has 2 amide bonds. The van der Waals surface area contributed by atoms with Crippen LogP contribution in [-0.2, 0) is 9.59 Å². The van der Waals surface area contributed by atoms with Crippen LogP contribution < -0.4 is 74.6 Å². The Kier molecular flexibility index (Phi) is 16.7. The number of carbonyl (C=O) groups excluding carboxylic acids is 4. The van der Waals surface area contributed by atoms with Gasteiger partial charge >= 0.3 is 29.6 Å². The molecule has 30 heavy (non-hydrogen) atoms. The number of nitrogens with two attached hydrogens (primary N) is 4. The van der Waals surface area contributed by atoms with Crippen molar-refractivity contribution in [2.75, 3.05) is 10.9 Å². The number of hydrogen-bond acceptors (Lipinski definition) is 10. The van der Waals surface area contributed by atoms with Gasteiger partial charge in [-0.25, -0.2) is 11.7 Å². The molecule has 0 atom stereocenters. The first-order valence-electron chi connectivity index (χ1n) is 7.95. The second kappa shape index (κ2) is 17.1. The molecule has 0 saturated heterocycles. The van der Waals surface area contributed by atoms with Gasteiger partial charge < -0.3 is 12.3 Å². The predicted molar refractivity (Wildman–Crippen MR) is 110 cm³/mol. The number of hydrogen-bond donors (Lipinski definition) is 8. The molecule has 158 valence electrons. The van der Waals surface area contributed by atoms with Crippen LogP contribution >= 0.6 is 0 Å². The number of aldehydes is 1. The summed E-state index contributed by atoms with van der Waals surface area (Å²) in [6.45, 7) is 1.22. The minimum Gasteiger partial charge on any atom is -1.00 e. The first kappa shape index (κ1) is 29.4. The average Bonchev–Trinajstić information content (AvgIpc) is 2.78. The fourth-order valence-corrected chi connectivity index (χ4v) is 1.77. The van der Waals surface area contributed by atoms with Gasteiger partial charge in [-0.3, -0.25) is 41.7 Å². The molecule has 0 spiro atoms. The minimum absolute atomic E-state index is 0. The Morgan fingerprint density at radius 3 is 1.30 bits per heavy atom. The van der Waals surface area contributed by atoms with E-state index in [-0.39, 0.29) is 49.1 Å². The first-order valence-corrected chi connectivity index (χ1v) is 7.95. The van der Waals surface area contributed by atoms with Gasteiger partial charge in [0, 0.05) is 6.92 Å². The molecule has 0 aliphatic rings. The molecule has 12 N–H and O–H groups in total. The second-order valence-electron chi connectivity index (χ2n) is 5.06. The Labute approximate surface area is 196 Å². The predicted octanol–water partition coefficient (Wildman–Crippen LogP) is -3.96. The standard InChI is InChI=1S/2C7H10N4O.C3H4O2.Na.H/c2*8-10-6-4-2-1-3-5(6)7(12)11-9;1-3(5)2-4;;/h2*1-4,10H,8-9H2,(H,11,12);2H,1H3;;/q;;;+1;-1. The van der Waals surface area contributed by atoms with Crippen molar-refractivity contribution >= 4 is 35.3 Å². The van der Waals surface area contributed by atoms with E-state index in [0.29, 0.717) is 22.5 Å². The monoisotopic (exact) mass is 428 g/mol. The Balaban J connectivity index is -0.000000397. The summed E-state index contributed by atoms with van der Waals surface area (Å²) in [6, 6.07) is 13.6. The van der Waals surface area contributed by atoms with Crippen molar-refractivity contribution in [3.63, 3.8) is 0 Å². The maximum atomic E-state index is 11.1. The van der Waals surface area contributed by atoms with Crippen LogP contribution in [0, 0.1) is 0 Å². The SMILES string of the molecule is CC(=O)C=O.NNC(=O)c1ccccc1NN.NNC(=O)c1ccccc1NN.[H-].[Na+]. The molecular weight excluding hydrogens is 403 g/mol. The summed E-state index contributed by atoms with van der Waals surface area (Å²) in [5, 5.41) is 0. The smallest absolute Gasteiger partial charge is 1.00 e. The Morgan fingerprint density at radius 1 is 0.767 bits per heavy atom. The molecule has 2 aromatic carbocycles. The van der Waals surface area contributed by atoms with Crippen LogP contribution in [0.4, 0.5) is 11.4 Å². The largest absolute Gasteiger partial charge is 1.00 e. The summed E-state index contributed by atoms with van der Waals surface area (Å²) in [4.78, 5) is 40.7. The number of anilines is 2. The van der Waals surface area contributed by atoms with Crippen molar-refractivity contribution in [3.8, 4) is 0 Å². The molecule has 0 aliphatic heterocycles. The van der Waals surface area contributed by atoms with Gasteiger partial charge in [0.05, 0.1) is 22.5 Å². The van der Waals surface area contributed by atoms with E-state index in [2.05, 4.69) is 10.9 Å². The normalized spacial score (nSPS) is 8.43. The van der Waals surface area contributed by atoms with Crippen LogP contribution in [0.5, 0.6) is 0 Å². The molecule has 0 aliphatic carbocycles. The van der Waals surface area contributed by atoms with E-state index >= 15 is 0 Å². The summed E-state index contributed by atoms with van der Waals surface area (Å²) in [5.41, 5.74) is 10.8. The fraction of sp³-hybridized carbons (Fsp3) is 0.0588. The molecule has 0 aromatic heterocycles. The number of nitrogens with one attached hydrogen (secondary N) is 4. The third-order valence-corrected chi connectivity index (χ3v) is 3.08. The molecule has 0 fully saturated rings. The number of benzene rings is 2. The average molecular weight is 428 g/mol. The van der Waals surface area contributed by atoms with Gasteiger partial charge in [0.25, 0.3) is 11.8 Å². The number of para-hydroxylation sites is 2. The quantitative estimate of drug-likeness (QED) is 0.0576. The molecule has 0 saturated carbocycles. The Hall–Kier alpha value is -2.84. The number of amides is 2. The molecule has 0 radical (unpaired) electrons. The van der Waals surface area contributed by atoms with Crippen LogP contribution in [-0.4, -0.2) is 23.9 Å². The summed E-state index contributed by atoms with van der Waals surface area (Å²) in [7, 11) is 0. The minimum atomic E-state index is -0.426. The van der Waals surface area contributed by atoms with E-state index in [1.165, 1.54) is 6.92 Å². The Morgan fingerprint density at radius 2 is 1.07 bits per heavy atom. The van der Waals surface area contributed by atoms with Crippen LogP contribution in [0.1, 0.15) is 29.1 Å². The topological polar surface area (TPSA) is 220 Å². The van der Waals surface area contributed by atoms with Crippen molar-refractivity contribution < 1.29 is 50.2 Å². The van der Waals surface area contributed by atoms with Crippen LogP contribution in [0.15, 0.2) is 48.5 Å². The number of hydrazine groups is 4. The van der Waals surface area contributed by atoms with E-state index in [9.17, 15) is 14.4 Å². The molecule has 0 unspecified atom stereocenters. The summed E-state index contributed by atoms with van der Waals surface area (Å²) >= 11 is 0. The van der Waals surface area contributed by atoms with Crippen molar-refractivity contribution in [1.82, 2.24) is 10.9 Å². The maximum Gasteiger partial charge on any atom is 1.00 e. The van der Waals surface area contributed by atoms with Crippen LogP contribution in [0.25, 0.3) is 0 Å². The van der Waals surface area contributed by atoms with Gasteiger partial charge in [-0.05, 0) is 24.3 Å². The van der Waals surface area contributed by atoms with Gasteiger partial charge in [0.15, 0.2) is 12.1 Å². The zero-order valence-electron chi connectivity index (χ0n) is 17.6. The molecule has 13 heteroatoms. The van der Waals surface area contributed by atoms with Gasteiger partial charge in [-0.2, -0.15) is 0 Å². The van der Waals surface area contributed by atoms with Crippen molar-refractivity contribution in [1.29, 1.82) is 0 Å². The maximum absolute atomic E-state index is 11.1. The third-order valence-electron chi connectivity index (χ3n) is 3.08. The third kappa shape index (κ3) is 10.6. The molecule has 0 heterocycles. The van der Waals surface area contributed by atoms with Crippen molar-refractivity contribution in [3.05, 3.63) is 59.7 Å². The van der Waals surface area contributed by atoms with E-state index in [1.54, 1.807) is 48.5 Å². The van der Waals surface area contributed by atoms with Gasteiger partial charge in [-0.15, -0.1) is 0 Å². The van der Waals surface area contributed by atoms with E-state index < -0.39 is 5.78 Å². The number of rotatable bonds is 5. The number of carbonyl (C=O) groups is 4. The molecule has 0 bridgehead atoms. The summed E-state index contributed by atoms with van der Waals surface area (Å²) in [6.07, 6.45) is 0.278. The number of nitrogen functional groups attached to an aromatic ring is 4. The molecule has 12 nitrogen and oxygen atoms in total. The van der Waals surface area contributed by atoms with E-state index in [4.69, 9.17) is 28.2 Å².